The molecule has 0 saturated carbocycles. The molecule has 196 valence electrons. The van der Waals surface area contributed by atoms with Crippen LogP contribution in [-0.4, -0.2) is 44.0 Å². The molecule has 1 unspecified atom stereocenters. The quantitative estimate of drug-likeness (QED) is 0.487. The fourth-order valence-corrected chi connectivity index (χ4v) is 5.01. The van der Waals surface area contributed by atoms with Crippen molar-refractivity contribution < 1.29 is 27.8 Å². The van der Waals surface area contributed by atoms with Gasteiger partial charge in [-0.2, -0.15) is 13.2 Å². The number of rotatable bonds is 5. The van der Waals surface area contributed by atoms with Crippen molar-refractivity contribution in [3.8, 4) is 5.75 Å². The lowest BCUT2D eigenvalue weighted by Gasteiger charge is -2.31. The van der Waals surface area contributed by atoms with Crippen molar-refractivity contribution in [3.63, 3.8) is 0 Å². The molecule has 37 heavy (non-hydrogen) atoms. The molecule has 12 heteroatoms. The number of hydrogen-bond acceptors (Lipinski definition) is 5. The summed E-state index contributed by atoms with van der Waals surface area (Å²) >= 11 is 6.00. The summed E-state index contributed by atoms with van der Waals surface area (Å²) in [4.78, 5) is 15.1. The second-order valence-electron chi connectivity index (χ2n) is 9.09. The number of fused-ring (bicyclic) bond motifs is 1. The highest BCUT2D eigenvalue weighted by Gasteiger charge is 2.37. The Bertz CT molecular complexity index is 1280. The van der Waals surface area contributed by atoms with Crippen LogP contribution in [0.2, 0.25) is 5.02 Å². The van der Waals surface area contributed by atoms with Crippen LogP contribution >= 0.6 is 11.6 Å². The summed E-state index contributed by atoms with van der Waals surface area (Å²) in [6.45, 7) is 0.772. The molecule has 2 N–H and O–H groups in total. The van der Waals surface area contributed by atoms with Gasteiger partial charge < -0.3 is 24.6 Å². The molecule has 1 saturated heterocycles. The van der Waals surface area contributed by atoms with Gasteiger partial charge in [0.15, 0.2) is 11.6 Å². The number of likely N-dealkylation sites (tertiary alicyclic amines) is 1. The van der Waals surface area contributed by atoms with E-state index in [1.807, 2.05) is 16.7 Å². The van der Waals surface area contributed by atoms with Crippen molar-refractivity contribution in [2.45, 2.75) is 50.7 Å². The van der Waals surface area contributed by atoms with Crippen molar-refractivity contribution in [2.24, 2.45) is 0 Å². The first-order valence-electron chi connectivity index (χ1n) is 11.9. The molecule has 8 nitrogen and oxygen atoms in total. The average molecular weight is 536 g/mol. The topological polar surface area (TPSA) is 92.5 Å². The summed E-state index contributed by atoms with van der Waals surface area (Å²) in [6, 6.07) is 9.44. The van der Waals surface area contributed by atoms with E-state index in [-0.39, 0.29) is 31.0 Å². The minimum atomic E-state index is -4.48. The number of urea groups is 1. The highest BCUT2D eigenvalue weighted by atomic mass is 35.5. The van der Waals surface area contributed by atoms with Crippen LogP contribution in [0.5, 0.6) is 5.75 Å². The Morgan fingerprint density at radius 1 is 1.16 bits per heavy atom. The molecule has 1 fully saturated rings. The second-order valence-corrected chi connectivity index (χ2v) is 9.52. The Kier molecular flexibility index (Phi) is 7.00. The molecule has 1 aromatic heterocycles. The van der Waals surface area contributed by atoms with Crippen molar-refractivity contribution >= 4 is 17.6 Å². The third-order valence-electron chi connectivity index (χ3n) is 6.74. The fraction of sp³-hybridized carbons (Fsp3) is 0.400. The first-order valence-corrected chi connectivity index (χ1v) is 12.3. The second kappa shape index (κ2) is 10.2. The number of halogens is 4. The molecule has 2 aromatic carbocycles. The van der Waals surface area contributed by atoms with Crippen LogP contribution in [0.1, 0.15) is 59.7 Å². The Morgan fingerprint density at radius 2 is 1.95 bits per heavy atom. The summed E-state index contributed by atoms with van der Waals surface area (Å²) in [7, 11) is 0. The number of amides is 2. The summed E-state index contributed by atoms with van der Waals surface area (Å²) in [5, 5.41) is 21.9. The maximum absolute atomic E-state index is 13.4. The number of benzene rings is 2. The number of hydrogen-bond donors (Lipinski definition) is 2. The molecule has 2 aliphatic rings. The standard InChI is InChI=1S/C25H25ClF3N5O3/c26-17-6-3-15(4-7-17)13-34-22(14-35)31-32-23(34)20-2-1-10-33(20)24(36)30-19-9-11-37-21-12-16(25(27,28)29)5-8-18(19)21/h3-8,12,19-20,35H,1-2,9-11,13-14H2,(H,30,36)/t19?,20-/m1/s1. The van der Waals surface area contributed by atoms with Crippen molar-refractivity contribution in [3.05, 3.63) is 75.8 Å². The summed E-state index contributed by atoms with van der Waals surface area (Å²) < 4.78 is 46.6. The van der Waals surface area contributed by atoms with E-state index >= 15 is 0 Å². The number of nitrogens with one attached hydrogen (secondary N) is 1. The van der Waals surface area contributed by atoms with Crippen molar-refractivity contribution in [1.82, 2.24) is 25.0 Å². The van der Waals surface area contributed by atoms with Gasteiger partial charge in [-0.3, -0.25) is 0 Å². The molecular formula is C25H25ClF3N5O3. The number of carbonyl (C=O) groups excluding carboxylic acids is 1. The van der Waals surface area contributed by atoms with Crippen molar-refractivity contribution in [1.29, 1.82) is 0 Å². The van der Waals surface area contributed by atoms with Gasteiger partial charge in [0.05, 0.1) is 30.8 Å². The van der Waals surface area contributed by atoms with E-state index < -0.39 is 17.8 Å². The minimum Gasteiger partial charge on any atom is -0.493 e. The summed E-state index contributed by atoms with van der Waals surface area (Å²) in [5.74, 6) is 1.07. The molecule has 5 rings (SSSR count). The normalized spacial score (nSPS) is 19.4. The van der Waals surface area contributed by atoms with E-state index in [1.54, 1.807) is 17.0 Å². The molecule has 0 bridgehead atoms. The summed E-state index contributed by atoms with van der Waals surface area (Å²) in [6.07, 6.45) is -2.63. The number of carbonyl (C=O) groups is 1. The zero-order valence-electron chi connectivity index (χ0n) is 19.7. The fourth-order valence-electron chi connectivity index (χ4n) is 4.88. The van der Waals surface area contributed by atoms with Gasteiger partial charge in [-0.1, -0.05) is 29.8 Å². The number of alkyl halides is 3. The first-order chi connectivity index (χ1) is 17.7. The molecule has 2 aliphatic heterocycles. The number of nitrogens with zero attached hydrogens (tertiary/aromatic N) is 4. The van der Waals surface area contributed by atoms with Gasteiger partial charge in [0.1, 0.15) is 12.4 Å². The maximum Gasteiger partial charge on any atom is 0.416 e. The van der Waals surface area contributed by atoms with Gasteiger partial charge in [-0.05, 0) is 42.7 Å². The highest BCUT2D eigenvalue weighted by molar-refractivity contribution is 6.30. The summed E-state index contributed by atoms with van der Waals surface area (Å²) in [5.41, 5.74) is 0.653. The van der Waals surface area contributed by atoms with Crippen LogP contribution in [-0.2, 0) is 19.3 Å². The molecule has 0 spiro atoms. The zero-order chi connectivity index (χ0) is 26.2. The molecule has 3 heterocycles. The zero-order valence-corrected chi connectivity index (χ0v) is 20.5. The number of aliphatic hydroxyl groups is 1. The van der Waals surface area contributed by atoms with Crippen LogP contribution < -0.4 is 10.1 Å². The van der Waals surface area contributed by atoms with Crippen LogP contribution in [0.25, 0.3) is 0 Å². The minimum absolute atomic E-state index is 0.125. The van der Waals surface area contributed by atoms with Gasteiger partial charge in [0, 0.05) is 23.6 Å². The molecule has 2 atom stereocenters. The van der Waals surface area contributed by atoms with Gasteiger partial charge in [-0.15, -0.1) is 10.2 Å². The monoisotopic (exact) mass is 535 g/mol. The van der Waals surface area contributed by atoms with Crippen LogP contribution in [0.3, 0.4) is 0 Å². The van der Waals surface area contributed by atoms with Crippen LogP contribution in [0.15, 0.2) is 42.5 Å². The molecular weight excluding hydrogens is 511 g/mol. The highest BCUT2D eigenvalue weighted by Crippen LogP contribution is 2.39. The Hall–Kier alpha value is -3.31. The number of aromatic nitrogens is 3. The van der Waals surface area contributed by atoms with Gasteiger partial charge >= 0.3 is 12.2 Å². The molecule has 2 amide bonds. The smallest absolute Gasteiger partial charge is 0.416 e. The van der Waals surface area contributed by atoms with E-state index in [1.165, 1.54) is 6.07 Å². The molecule has 0 radical (unpaired) electrons. The lowest BCUT2D eigenvalue weighted by molar-refractivity contribution is -0.137. The van der Waals surface area contributed by atoms with Gasteiger partial charge in [0.25, 0.3) is 0 Å². The van der Waals surface area contributed by atoms with Gasteiger partial charge in [-0.25, -0.2) is 4.79 Å². The number of ether oxygens (including phenoxy) is 1. The maximum atomic E-state index is 13.4. The molecule has 0 aliphatic carbocycles. The Morgan fingerprint density at radius 3 is 2.68 bits per heavy atom. The first kappa shape index (κ1) is 25.3. The average Bonchev–Trinajstić information content (AvgIpc) is 3.51. The van der Waals surface area contributed by atoms with E-state index in [2.05, 4.69) is 15.5 Å². The van der Waals surface area contributed by atoms with Gasteiger partial charge in [0.2, 0.25) is 0 Å². The molecule has 3 aromatic rings. The lowest BCUT2D eigenvalue weighted by Crippen LogP contribution is -2.43. The number of aliphatic hydroxyl groups excluding tert-OH is 1. The largest absolute Gasteiger partial charge is 0.493 e. The predicted molar refractivity (Wildman–Crippen MR) is 128 cm³/mol. The van der Waals surface area contributed by atoms with E-state index in [0.29, 0.717) is 48.2 Å². The van der Waals surface area contributed by atoms with Crippen LogP contribution in [0.4, 0.5) is 18.0 Å². The van der Waals surface area contributed by atoms with E-state index in [4.69, 9.17) is 16.3 Å². The third-order valence-corrected chi connectivity index (χ3v) is 6.99. The SMILES string of the molecule is O=C(NC1CCOc2cc(C(F)(F)F)ccc21)N1CCC[C@@H]1c1nnc(CO)n1Cc1ccc(Cl)cc1. The van der Waals surface area contributed by atoms with Crippen molar-refractivity contribution in [2.75, 3.05) is 13.2 Å². The van der Waals surface area contributed by atoms with E-state index in [0.717, 1.165) is 24.1 Å². The van der Waals surface area contributed by atoms with Crippen LogP contribution in [0, 0.1) is 0 Å². The van der Waals surface area contributed by atoms with E-state index in [9.17, 15) is 23.1 Å². The Labute approximate surface area is 216 Å². The Balaban J connectivity index is 1.36. The third kappa shape index (κ3) is 5.24. The predicted octanol–water partition coefficient (Wildman–Crippen LogP) is 4.86. The lowest BCUT2D eigenvalue weighted by atomic mass is 9.98.